The van der Waals surface area contributed by atoms with Crippen LogP contribution in [0.4, 0.5) is 13.2 Å². The Labute approximate surface area is 192 Å². The van der Waals surface area contributed by atoms with Crippen LogP contribution in [0, 0.1) is 0 Å². The fraction of sp³-hybridized carbons (Fsp3) is 0.261. The van der Waals surface area contributed by atoms with Gasteiger partial charge in [-0.2, -0.15) is 13.2 Å². The van der Waals surface area contributed by atoms with Gasteiger partial charge in [-0.15, -0.1) is 0 Å². The summed E-state index contributed by atoms with van der Waals surface area (Å²) in [6, 6.07) is 10.1. The summed E-state index contributed by atoms with van der Waals surface area (Å²) >= 11 is 11.9. The summed E-state index contributed by atoms with van der Waals surface area (Å²) in [6.07, 6.45) is -3.53. The van der Waals surface area contributed by atoms with E-state index in [4.69, 9.17) is 32.7 Å². The average molecular weight is 487 g/mol. The molecular weight excluding hydrogens is 468 g/mol. The molecule has 0 bridgehead atoms. The smallest absolute Gasteiger partial charge is 0.454 e. The van der Waals surface area contributed by atoms with Gasteiger partial charge in [0, 0.05) is 5.57 Å². The minimum Gasteiger partial charge on any atom is -0.507 e. The molecule has 0 amide bonds. The standard InChI is InChI=1S/C23H19Cl2F3O4/c1-2-31-20-11-13(9-15-5-6-16(21(15)29)22(30)23(26,27)28)4-8-19(20)32-12-14-3-7-17(24)18(25)10-14/h3-4,7-11,29H,2,5-6,12H2,1H3. The first-order valence-corrected chi connectivity index (χ1v) is 10.4. The summed E-state index contributed by atoms with van der Waals surface area (Å²) in [4.78, 5) is 11.5. The summed E-state index contributed by atoms with van der Waals surface area (Å²) < 4.78 is 49.5. The van der Waals surface area contributed by atoms with E-state index in [-0.39, 0.29) is 25.0 Å². The second-order valence-electron chi connectivity index (χ2n) is 7.00. The topological polar surface area (TPSA) is 55.8 Å². The lowest BCUT2D eigenvalue weighted by Gasteiger charge is -2.13. The predicted octanol–water partition coefficient (Wildman–Crippen LogP) is 7.09. The van der Waals surface area contributed by atoms with Crippen molar-refractivity contribution in [3.8, 4) is 11.5 Å². The normalized spacial score (nSPS) is 15.4. The van der Waals surface area contributed by atoms with Gasteiger partial charge in [0.1, 0.15) is 12.4 Å². The van der Waals surface area contributed by atoms with Crippen molar-refractivity contribution < 1.29 is 32.5 Å². The molecule has 1 aliphatic carbocycles. The molecular formula is C23H19Cl2F3O4. The number of carbonyl (C=O) groups excluding carboxylic acids is 1. The van der Waals surface area contributed by atoms with Crippen LogP contribution in [-0.4, -0.2) is 23.7 Å². The number of hydrogen-bond donors (Lipinski definition) is 1. The maximum atomic E-state index is 12.7. The number of benzene rings is 2. The third kappa shape index (κ3) is 5.58. The second-order valence-corrected chi connectivity index (χ2v) is 7.81. The quantitative estimate of drug-likeness (QED) is 0.453. The van der Waals surface area contributed by atoms with Crippen molar-refractivity contribution >= 4 is 35.1 Å². The highest BCUT2D eigenvalue weighted by molar-refractivity contribution is 6.42. The van der Waals surface area contributed by atoms with Crippen LogP contribution in [0.1, 0.15) is 30.9 Å². The van der Waals surface area contributed by atoms with E-state index in [0.29, 0.717) is 33.7 Å². The van der Waals surface area contributed by atoms with E-state index in [0.717, 1.165) is 5.56 Å². The van der Waals surface area contributed by atoms with Gasteiger partial charge in [0.05, 0.1) is 16.7 Å². The molecule has 1 N–H and O–H groups in total. The molecule has 0 spiro atoms. The Morgan fingerprint density at radius 1 is 1.06 bits per heavy atom. The molecule has 1 aliphatic rings. The van der Waals surface area contributed by atoms with E-state index < -0.39 is 23.3 Å². The van der Waals surface area contributed by atoms with E-state index in [2.05, 4.69) is 0 Å². The van der Waals surface area contributed by atoms with Crippen molar-refractivity contribution in [3.05, 3.63) is 74.5 Å². The van der Waals surface area contributed by atoms with Crippen LogP contribution in [-0.2, 0) is 11.4 Å². The highest BCUT2D eigenvalue weighted by Crippen LogP contribution is 2.37. The molecule has 9 heteroatoms. The number of allylic oxidation sites excluding steroid dienone is 2. The number of rotatable bonds is 7. The highest BCUT2D eigenvalue weighted by Gasteiger charge is 2.43. The van der Waals surface area contributed by atoms with Gasteiger partial charge in [0.25, 0.3) is 5.78 Å². The Balaban J connectivity index is 1.82. The van der Waals surface area contributed by atoms with Crippen molar-refractivity contribution in [1.82, 2.24) is 0 Å². The summed E-state index contributed by atoms with van der Waals surface area (Å²) in [5, 5.41) is 11.0. The fourth-order valence-electron chi connectivity index (χ4n) is 3.22. The predicted molar refractivity (Wildman–Crippen MR) is 116 cm³/mol. The summed E-state index contributed by atoms with van der Waals surface area (Å²) in [5.41, 5.74) is 1.02. The third-order valence-corrected chi connectivity index (χ3v) is 5.49. The summed E-state index contributed by atoms with van der Waals surface area (Å²) in [5.74, 6) is -1.75. The second kappa shape index (κ2) is 9.88. The van der Waals surface area contributed by atoms with E-state index in [1.165, 1.54) is 6.08 Å². The molecule has 3 rings (SSSR count). The molecule has 0 radical (unpaired) electrons. The molecule has 32 heavy (non-hydrogen) atoms. The van der Waals surface area contributed by atoms with E-state index >= 15 is 0 Å². The molecule has 0 atom stereocenters. The maximum absolute atomic E-state index is 12.7. The first-order chi connectivity index (χ1) is 15.1. The summed E-state index contributed by atoms with van der Waals surface area (Å²) in [7, 11) is 0. The molecule has 2 aromatic rings. The molecule has 0 aromatic heterocycles. The minimum atomic E-state index is -5.02. The molecule has 170 valence electrons. The zero-order valence-corrected chi connectivity index (χ0v) is 18.4. The van der Waals surface area contributed by atoms with Crippen LogP contribution in [0.25, 0.3) is 6.08 Å². The highest BCUT2D eigenvalue weighted by atomic mass is 35.5. The number of halogens is 5. The van der Waals surface area contributed by atoms with Crippen molar-refractivity contribution in [1.29, 1.82) is 0 Å². The zero-order chi connectivity index (χ0) is 23.5. The Kier molecular flexibility index (Phi) is 7.41. The fourth-order valence-corrected chi connectivity index (χ4v) is 3.54. The van der Waals surface area contributed by atoms with Gasteiger partial charge in [-0.1, -0.05) is 35.3 Å². The molecule has 4 nitrogen and oxygen atoms in total. The SMILES string of the molecule is CCOc1cc(C=C2CCC(C(=O)C(F)(F)F)=C2O)ccc1OCc1ccc(Cl)c(Cl)c1. The van der Waals surface area contributed by atoms with Crippen LogP contribution in [0.15, 0.2) is 53.3 Å². The number of Topliss-reactive ketones (excluding diaryl/α,β-unsaturated/α-hetero) is 1. The van der Waals surface area contributed by atoms with Crippen LogP contribution in [0.3, 0.4) is 0 Å². The lowest BCUT2D eigenvalue weighted by atomic mass is 10.1. The van der Waals surface area contributed by atoms with Crippen molar-refractivity contribution in [3.63, 3.8) is 0 Å². The Bertz CT molecular complexity index is 1090. The van der Waals surface area contributed by atoms with Gasteiger partial charge in [-0.05, 0) is 66.8 Å². The van der Waals surface area contributed by atoms with Crippen molar-refractivity contribution in [2.75, 3.05) is 6.61 Å². The number of aliphatic hydroxyl groups is 1. The number of hydrogen-bond acceptors (Lipinski definition) is 4. The largest absolute Gasteiger partial charge is 0.507 e. The van der Waals surface area contributed by atoms with Gasteiger partial charge in [0.2, 0.25) is 0 Å². The van der Waals surface area contributed by atoms with E-state index in [1.807, 2.05) is 0 Å². The lowest BCUT2D eigenvalue weighted by Crippen LogP contribution is -2.24. The Hall–Kier alpha value is -2.64. The molecule has 0 fully saturated rings. The maximum Gasteiger partial charge on any atom is 0.454 e. The van der Waals surface area contributed by atoms with Crippen molar-refractivity contribution in [2.24, 2.45) is 0 Å². The molecule has 0 saturated heterocycles. The first kappa shape index (κ1) is 24.0. The van der Waals surface area contributed by atoms with Gasteiger partial charge in [0.15, 0.2) is 11.5 Å². The minimum absolute atomic E-state index is 0.128. The zero-order valence-electron chi connectivity index (χ0n) is 16.9. The number of alkyl halides is 3. The number of ketones is 1. The molecule has 0 heterocycles. The number of ether oxygens (including phenoxy) is 2. The van der Waals surface area contributed by atoms with Gasteiger partial charge < -0.3 is 14.6 Å². The summed E-state index contributed by atoms with van der Waals surface area (Å²) in [6.45, 7) is 2.37. The Morgan fingerprint density at radius 2 is 1.81 bits per heavy atom. The van der Waals surface area contributed by atoms with E-state index in [9.17, 15) is 23.1 Å². The van der Waals surface area contributed by atoms with Crippen LogP contribution in [0.5, 0.6) is 11.5 Å². The average Bonchev–Trinajstić information content (AvgIpc) is 3.09. The van der Waals surface area contributed by atoms with Gasteiger partial charge in [-0.25, -0.2) is 0 Å². The third-order valence-electron chi connectivity index (χ3n) is 4.75. The molecule has 0 saturated carbocycles. The lowest BCUT2D eigenvalue weighted by molar-refractivity contribution is -0.166. The molecule has 0 aliphatic heterocycles. The monoisotopic (exact) mass is 486 g/mol. The number of carbonyl (C=O) groups is 1. The number of aliphatic hydroxyl groups excluding tert-OH is 1. The Morgan fingerprint density at radius 3 is 2.47 bits per heavy atom. The van der Waals surface area contributed by atoms with E-state index in [1.54, 1.807) is 43.3 Å². The van der Waals surface area contributed by atoms with Crippen LogP contribution in [0.2, 0.25) is 10.0 Å². The molecule has 2 aromatic carbocycles. The van der Waals surface area contributed by atoms with Crippen LogP contribution < -0.4 is 9.47 Å². The van der Waals surface area contributed by atoms with Gasteiger partial charge >= 0.3 is 6.18 Å². The van der Waals surface area contributed by atoms with Gasteiger partial charge in [-0.3, -0.25) is 4.79 Å². The molecule has 0 unspecified atom stereocenters. The van der Waals surface area contributed by atoms with Crippen LogP contribution >= 0.6 is 23.2 Å². The van der Waals surface area contributed by atoms with Crippen molar-refractivity contribution in [2.45, 2.75) is 32.5 Å². The first-order valence-electron chi connectivity index (χ1n) is 9.68.